The predicted molar refractivity (Wildman–Crippen MR) is 80.7 cm³/mol. The predicted octanol–water partition coefficient (Wildman–Crippen LogP) is 2.24. The summed E-state index contributed by atoms with van der Waals surface area (Å²) < 4.78 is 0.905. The van der Waals surface area contributed by atoms with Crippen molar-refractivity contribution in [1.82, 2.24) is 5.32 Å². The van der Waals surface area contributed by atoms with Gasteiger partial charge >= 0.3 is 0 Å². The third-order valence-electron chi connectivity index (χ3n) is 3.33. The van der Waals surface area contributed by atoms with E-state index in [1.165, 1.54) is 6.07 Å². The molecule has 1 amide bonds. The second-order valence-electron chi connectivity index (χ2n) is 4.31. The van der Waals surface area contributed by atoms with Crippen molar-refractivity contribution in [2.75, 3.05) is 6.54 Å². The highest BCUT2D eigenvalue weighted by atomic mass is 127. The van der Waals surface area contributed by atoms with Crippen molar-refractivity contribution < 1.29 is 9.90 Å². The minimum Gasteiger partial charge on any atom is -0.507 e. The average Bonchev–Trinajstić information content (AvgIpc) is 2.38. The number of nitrogens with one attached hydrogen (secondary N) is 1. The van der Waals surface area contributed by atoms with E-state index in [0.29, 0.717) is 12.1 Å². The van der Waals surface area contributed by atoms with Gasteiger partial charge in [-0.3, -0.25) is 4.79 Å². The Morgan fingerprint density at radius 1 is 1.44 bits per heavy atom. The molecule has 0 spiro atoms. The molecule has 0 heterocycles. The molecule has 0 bridgehead atoms. The monoisotopic (exact) mass is 362 g/mol. The largest absolute Gasteiger partial charge is 0.507 e. The normalized spacial score (nSPS) is 11.3. The van der Waals surface area contributed by atoms with Crippen molar-refractivity contribution in [3.63, 3.8) is 0 Å². The number of hydrogen-bond donors (Lipinski definition) is 3. The molecule has 0 fully saturated rings. The van der Waals surface area contributed by atoms with Gasteiger partial charge in [0, 0.05) is 10.1 Å². The summed E-state index contributed by atoms with van der Waals surface area (Å²) in [4.78, 5) is 12.2. The number of phenols is 1. The Labute approximate surface area is 121 Å². The van der Waals surface area contributed by atoms with Crippen LogP contribution in [0.4, 0.5) is 0 Å². The minimum atomic E-state index is -0.398. The Balaban J connectivity index is 2.97. The molecule has 18 heavy (non-hydrogen) atoms. The van der Waals surface area contributed by atoms with Crippen molar-refractivity contribution in [3.8, 4) is 5.75 Å². The molecule has 0 atom stereocenters. The van der Waals surface area contributed by atoms with Gasteiger partial charge in [-0.15, -0.1) is 0 Å². The van der Waals surface area contributed by atoms with E-state index in [9.17, 15) is 9.90 Å². The Morgan fingerprint density at radius 2 is 2.06 bits per heavy atom. The van der Waals surface area contributed by atoms with E-state index in [-0.39, 0.29) is 11.7 Å². The van der Waals surface area contributed by atoms with Crippen LogP contribution in [0.5, 0.6) is 5.75 Å². The lowest BCUT2D eigenvalue weighted by Gasteiger charge is -2.31. The third-order valence-corrected chi connectivity index (χ3v) is 4.00. The fraction of sp³-hybridized carbons (Fsp3) is 0.462. The van der Waals surface area contributed by atoms with E-state index in [1.54, 1.807) is 12.1 Å². The van der Waals surface area contributed by atoms with Gasteiger partial charge in [-0.1, -0.05) is 13.8 Å². The van der Waals surface area contributed by atoms with Crippen LogP contribution in [-0.4, -0.2) is 23.1 Å². The molecular weight excluding hydrogens is 343 g/mol. The van der Waals surface area contributed by atoms with Gasteiger partial charge in [0.05, 0.1) is 11.1 Å². The van der Waals surface area contributed by atoms with Crippen molar-refractivity contribution >= 4 is 28.5 Å². The third kappa shape index (κ3) is 3.35. The first kappa shape index (κ1) is 15.2. The molecule has 0 radical (unpaired) electrons. The lowest BCUT2D eigenvalue weighted by Crippen LogP contribution is -2.52. The van der Waals surface area contributed by atoms with Crippen LogP contribution in [0, 0.1) is 3.57 Å². The van der Waals surface area contributed by atoms with Gasteiger partial charge in [0.25, 0.3) is 5.91 Å². The summed E-state index contributed by atoms with van der Waals surface area (Å²) in [5.74, 6) is -0.286. The fourth-order valence-corrected chi connectivity index (χ4v) is 2.26. The van der Waals surface area contributed by atoms with Gasteiger partial charge in [0.15, 0.2) is 0 Å². The summed E-state index contributed by atoms with van der Waals surface area (Å²) in [5.41, 5.74) is 5.64. The van der Waals surface area contributed by atoms with Gasteiger partial charge < -0.3 is 16.2 Å². The van der Waals surface area contributed by atoms with E-state index in [0.717, 1.165) is 16.4 Å². The van der Waals surface area contributed by atoms with Gasteiger partial charge in [-0.05, 0) is 53.6 Å². The van der Waals surface area contributed by atoms with Gasteiger partial charge in [0.1, 0.15) is 5.75 Å². The number of amides is 1. The maximum absolute atomic E-state index is 12.2. The van der Waals surface area contributed by atoms with Crippen LogP contribution in [0.2, 0.25) is 0 Å². The summed E-state index contributed by atoms with van der Waals surface area (Å²) in [6, 6.07) is 4.94. The van der Waals surface area contributed by atoms with Crippen LogP contribution in [0.25, 0.3) is 0 Å². The fourth-order valence-electron chi connectivity index (χ4n) is 1.76. The van der Waals surface area contributed by atoms with E-state index >= 15 is 0 Å². The molecular formula is C13H19IN2O2. The number of hydrogen-bond acceptors (Lipinski definition) is 3. The molecule has 1 aromatic rings. The highest BCUT2D eigenvalue weighted by Crippen LogP contribution is 2.21. The topological polar surface area (TPSA) is 75.3 Å². The van der Waals surface area contributed by atoms with Crippen LogP contribution in [-0.2, 0) is 0 Å². The summed E-state index contributed by atoms with van der Waals surface area (Å²) >= 11 is 2.10. The first-order chi connectivity index (χ1) is 8.48. The van der Waals surface area contributed by atoms with Crippen molar-refractivity contribution in [1.29, 1.82) is 0 Å². The van der Waals surface area contributed by atoms with Crippen molar-refractivity contribution in [2.45, 2.75) is 32.2 Å². The highest BCUT2D eigenvalue weighted by molar-refractivity contribution is 14.1. The minimum absolute atomic E-state index is 0.00829. The maximum atomic E-state index is 12.2. The molecule has 4 N–H and O–H groups in total. The number of carbonyl (C=O) groups excluding carboxylic acids is 1. The van der Waals surface area contributed by atoms with E-state index in [1.807, 2.05) is 13.8 Å². The number of rotatable bonds is 5. The van der Waals surface area contributed by atoms with Crippen molar-refractivity contribution in [2.24, 2.45) is 5.73 Å². The molecule has 0 aliphatic carbocycles. The SMILES string of the molecule is CCC(CC)(CN)NC(=O)c1cc(I)ccc1O. The summed E-state index contributed by atoms with van der Waals surface area (Å²) in [6.45, 7) is 4.37. The Bertz CT molecular complexity index is 423. The Hall–Kier alpha value is -0.820. The first-order valence-corrected chi connectivity index (χ1v) is 7.07. The molecule has 0 aliphatic heterocycles. The number of aromatic hydroxyl groups is 1. The molecule has 0 aliphatic rings. The number of phenolic OH excluding ortho intramolecular Hbond substituents is 1. The van der Waals surface area contributed by atoms with Gasteiger partial charge in [-0.25, -0.2) is 0 Å². The number of halogens is 1. The molecule has 4 nitrogen and oxygen atoms in total. The molecule has 0 saturated heterocycles. The van der Waals surface area contributed by atoms with E-state index < -0.39 is 5.54 Å². The van der Waals surface area contributed by atoms with E-state index in [4.69, 9.17) is 5.73 Å². The lowest BCUT2D eigenvalue weighted by atomic mass is 9.92. The van der Waals surface area contributed by atoms with Crippen LogP contribution in [0.1, 0.15) is 37.0 Å². The van der Waals surface area contributed by atoms with Crippen LogP contribution < -0.4 is 11.1 Å². The molecule has 0 aromatic heterocycles. The number of benzene rings is 1. The summed E-state index contributed by atoms with van der Waals surface area (Å²) in [6.07, 6.45) is 1.52. The van der Waals surface area contributed by atoms with Crippen LogP contribution in [0.15, 0.2) is 18.2 Å². The highest BCUT2D eigenvalue weighted by Gasteiger charge is 2.27. The van der Waals surface area contributed by atoms with Crippen LogP contribution in [0.3, 0.4) is 0 Å². The molecule has 5 heteroatoms. The maximum Gasteiger partial charge on any atom is 0.255 e. The van der Waals surface area contributed by atoms with Crippen molar-refractivity contribution in [3.05, 3.63) is 27.3 Å². The Kier molecular flexibility index (Phi) is 5.40. The zero-order chi connectivity index (χ0) is 13.8. The number of carbonyl (C=O) groups is 1. The lowest BCUT2D eigenvalue weighted by molar-refractivity contribution is 0.0892. The quantitative estimate of drug-likeness (QED) is 0.704. The molecule has 1 aromatic carbocycles. The molecule has 0 unspecified atom stereocenters. The van der Waals surface area contributed by atoms with E-state index in [2.05, 4.69) is 27.9 Å². The summed E-state index contributed by atoms with van der Waals surface area (Å²) in [5, 5.41) is 12.7. The molecule has 0 saturated carbocycles. The first-order valence-electron chi connectivity index (χ1n) is 5.99. The molecule has 100 valence electrons. The smallest absolute Gasteiger partial charge is 0.255 e. The average molecular weight is 362 g/mol. The second-order valence-corrected chi connectivity index (χ2v) is 5.55. The second kappa shape index (κ2) is 6.38. The Morgan fingerprint density at radius 3 is 2.56 bits per heavy atom. The zero-order valence-electron chi connectivity index (χ0n) is 10.7. The zero-order valence-corrected chi connectivity index (χ0v) is 12.8. The molecule has 1 rings (SSSR count). The van der Waals surface area contributed by atoms with Gasteiger partial charge in [-0.2, -0.15) is 0 Å². The van der Waals surface area contributed by atoms with Crippen LogP contribution >= 0.6 is 22.6 Å². The number of nitrogens with two attached hydrogens (primary N) is 1. The standard InChI is InChI=1S/C13H19IN2O2/c1-3-13(4-2,8-15)16-12(18)10-7-9(14)5-6-11(10)17/h5-7,17H,3-4,8,15H2,1-2H3,(H,16,18). The van der Waals surface area contributed by atoms with Gasteiger partial charge in [0.2, 0.25) is 0 Å². The summed E-state index contributed by atoms with van der Waals surface area (Å²) in [7, 11) is 0.